The second-order valence-electron chi connectivity index (χ2n) is 4.45. The lowest BCUT2D eigenvalue weighted by Gasteiger charge is -2.15. The molecule has 2 N–H and O–H groups in total. The van der Waals surface area contributed by atoms with Gasteiger partial charge in [0.25, 0.3) is 0 Å². The number of nitrogens with two attached hydrogens (primary N) is 1. The van der Waals surface area contributed by atoms with Crippen LogP contribution in [0.2, 0.25) is 5.02 Å². The summed E-state index contributed by atoms with van der Waals surface area (Å²) < 4.78 is 3.99. The molecule has 0 spiro atoms. The molecule has 0 aliphatic carbocycles. The Morgan fingerprint density at radius 3 is 2.79 bits per heavy atom. The quantitative estimate of drug-likeness (QED) is 0.713. The van der Waals surface area contributed by atoms with Crippen LogP contribution in [-0.2, 0) is 13.5 Å². The highest BCUT2D eigenvalue weighted by molar-refractivity contribution is 14.1. The van der Waals surface area contributed by atoms with Crippen LogP contribution in [0.4, 0.5) is 0 Å². The summed E-state index contributed by atoms with van der Waals surface area (Å²) in [5, 5.41) is 5.02. The van der Waals surface area contributed by atoms with E-state index in [-0.39, 0.29) is 6.04 Å². The number of aryl methyl sites for hydroxylation is 2. The Labute approximate surface area is 139 Å². The van der Waals surface area contributed by atoms with Gasteiger partial charge in [-0.1, -0.05) is 27.5 Å². The molecule has 1 aromatic carbocycles. The Balaban J connectivity index is 2.30. The van der Waals surface area contributed by atoms with Gasteiger partial charge in [-0.3, -0.25) is 4.68 Å². The van der Waals surface area contributed by atoms with E-state index in [1.807, 2.05) is 26.1 Å². The molecule has 1 heterocycles. The molecule has 0 amide bonds. The number of hydrogen-bond donors (Lipinski definition) is 1. The Morgan fingerprint density at radius 2 is 2.21 bits per heavy atom. The van der Waals surface area contributed by atoms with E-state index in [4.69, 9.17) is 17.3 Å². The van der Waals surface area contributed by atoms with Crippen molar-refractivity contribution in [1.82, 2.24) is 9.78 Å². The second-order valence-corrected chi connectivity index (χ2v) is 6.92. The molecule has 0 aliphatic heterocycles. The Bertz CT molecular complexity index is 612. The summed E-state index contributed by atoms with van der Waals surface area (Å²) in [6, 6.07) is 6.04. The van der Waals surface area contributed by atoms with E-state index in [1.165, 1.54) is 3.57 Å². The lowest BCUT2D eigenvalue weighted by atomic mass is 10.0. The summed E-state index contributed by atoms with van der Waals surface area (Å²) in [7, 11) is 1.89. The van der Waals surface area contributed by atoms with Gasteiger partial charge < -0.3 is 5.73 Å². The van der Waals surface area contributed by atoms with Gasteiger partial charge in [-0.25, -0.2) is 0 Å². The molecule has 2 aromatic rings. The molecule has 0 fully saturated rings. The van der Waals surface area contributed by atoms with Crippen molar-refractivity contribution in [3.63, 3.8) is 0 Å². The third kappa shape index (κ3) is 3.32. The van der Waals surface area contributed by atoms with Crippen LogP contribution >= 0.6 is 50.1 Å². The topological polar surface area (TPSA) is 43.8 Å². The maximum Gasteiger partial charge on any atom is 0.0847 e. The van der Waals surface area contributed by atoms with E-state index in [2.05, 4.69) is 49.7 Å². The van der Waals surface area contributed by atoms with Crippen LogP contribution in [0.15, 0.2) is 22.7 Å². The maximum atomic E-state index is 6.31. The molecule has 1 aromatic heterocycles. The smallest absolute Gasteiger partial charge is 0.0847 e. The molecule has 6 heteroatoms. The van der Waals surface area contributed by atoms with Crippen molar-refractivity contribution in [3.8, 4) is 0 Å². The maximum absolute atomic E-state index is 6.31. The normalized spacial score (nSPS) is 12.7. The molecule has 0 aliphatic rings. The van der Waals surface area contributed by atoms with Gasteiger partial charge in [0, 0.05) is 27.6 Å². The zero-order valence-corrected chi connectivity index (χ0v) is 15.1. The molecular formula is C13H14BrClIN3. The van der Waals surface area contributed by atoms with E-state index in [0.29, 0.717) is 11.4 Å². The molecule has 0 bridgehead atoms. The molecule has 1 unspecified atom stereocenters. The molecule has 3 nitrogen and oxygen atoms in total. The minimum absolute atomic E-state index is 0.114. The minimum atomic E-state index is -0.114. The van der Waals surface area contributed by atoms with Crippen molar-refractivity contribution in [2.24, 2.45) is 12.8 Å². The van der Waals surface area contributed by atoms with Crippen molar-refractivity contribution in [2.45, 2.75) is 19.4 Å². The van der Waals surface area contributed by atoms with Crippen LogP contribution < -0.4 is 5.73 Å². The molecule has 2 rings (SSSR count). The molecular weight excluding hydrogens is 440 g/mol. The highest BCUT2D eigenvalue weighted by Gasteiger charge is 2.17. The number of benzene rings is 1. The van der Waals surface area contributed by atoms with Crippen LogP contribution in [0.5, 0.6) is 0 Å². The summed E-state index contributed by atoms with van der Waals surface area (Å²) >= 11 is 12.1. The Hall–Kier alpha value is -0.110. The third-order valence-corrected chi connectivity index (χ3v) is 4.92. The van der Waals surface area contributed by atoms with E-state index < -0.39 is 0 Å². The lowest BCUT2D eigenvalue weighted by Crippen LogP contribution is -2.16. The largest absolute Gasteiger partial charge is 0.324 e. The first-order valence-electron chi connectivity index (χ1n) is 5.78. The molecule has 1 atom stereocenters. The number of rotatable bonds is 3. The van der Waals surface area contributed by atoms with E-state index in [9.17, 15) is 0 Å². The SMILES string of the molecule is Cc1nn(C)c(CC(N)c2cc(I)ccc2Br)c1Cl. The number of halogens is 3. The first kappa shape index (κ1) is 15.3. The van der Waals surface area contributed by atoms with E-state index in [0.717, 1.165) is 21.4 Å². The summed E-state index contributed by atoms with van der Waals surface area (Å²) in [4.78, 5) is 0. The Kier molecular flexibility index (Phi) is 4.92. The zero-order valence-electron chi connectivity index (χ0n) is 10.6. The van der Waals surface area contributed by atoms with Gasteiger partial charge >= 0.3 is 0 Å². The zero-order chi connectivity index (χ0) is 14.2. The van der Waals surface area contributed by atoms with Gasteiger partial charge in [-0.15, -0.1) is 0 Å². The van der Waals surface area contributed by atoms with Crippen molar-refractivity contribution >= 4 is 50.1 Å². The van der Waals surface area contributed by atoms with Crippen LogP contribution in [0.1, 0.15) is 23.0 Å². The van der Waals surface area contributed by atoms with Crippen molar-refractivity contribution in [3.05, 3.63) is 48.2 Å². The first-order chi connectivity index (χ1) is 8.90. The summed E-state index contributed by atoms with van der Waals surface area (Å²) in [6.07, 6.45) is 0.662. The van der Waals surface area contributed by atoms with Crippen molar-refractivity contribution in [2.75, 3.05) is 0 Å². The average molecular weight is 455 g/mol. The summed E-state index contributed by atoms with van der Waals surface area (Å²) in [5.74, 6) is 0. The van der Waals surface area contributed by atoms with Gasteiger partial charge in [-0.05, 0) is 53.3 Å². The highest BCUT2D eigenvalue weighted by atomic mass is 127. The number of hydrogen-bond acceptors (Lipinski definition) is 2. The number of aromatic nitrogens is 2. The predicted molar refractivity (Wildman–Crippen MR) is 90.4 cm³/mol. The average Bonchev–Trinajstić information content (AvgIpc) is 2.59. The second kappa shape index (κ2) is 6.11. The van der Waals surface area contributed by atoms with Gasteiger partial charge in [-0.2, -0.15) is 5.10 Å². The minimum Gasteiger partial charge on any atom is -0.324 e. The lowest BCUT2D eigenvalue weighted by molar-refractivity contribution is 0.638. The molecule has 0 saturated carbocycles. The molecule has 0 radical (unpaired) electrons. The molecule has 0 saturated heterocycles. The number of nitrogens with zero attached hydrogens (tertiary/aromatic N) is 2. The van der Waals surface area contributed by atoms with Crippen LogP contribution in [0, 0.1) is 10.5 Å². The van der Waals surface area contributed by atoms with Crippen molar-refractivity contribution in [1.29, 1.82) is 0 Å². The third-order valence-electron chi connectivity index (χ3n) is 3.03. The molecule has 19 heavy (non-hydrogen) atoms. The highest BCUT2D eigenvalue weighted by Crippen LogP contribution is 2.29. The van der Waals surface area contributed by atoms with Gasteiger partial charge in [0.1, 0.15) is 0 Å². The fourth-order valence-corrected chi connectivity index (χ4v) is 3.31. The van der Waals surface area contributed by atoms with E-state index in [1.54, 1.807) is 4.68 Å². The molecule has 102 valence electrons. The first-order valence-corrected chi connectivity index (χ1v) is 8.03. The fraction of sp³-hybridized carbons (Fsp3) is 0.308. The van der Waals surface area contributed by atoms with Crippen LogP contribution in [0.25, 0.3) is 0 Å². The Morgan fingerprint density at radius 1 is 1.53 bits per heavy atom. The van der Waals surface area contributed by atoms with Gasteiger partial charge in [0.15, 0.2) is 0 Å². The van der Waals surface area contributed by atoms with Crippen LogP contribution in [0.3, 0.4) is 0 Å². The summed E-state index contributed by atoms with van der Waals surface area (Å²) in [5.41, 5.74) is 9.21. The van der Waals surface area contributed by atoms with Gasteiger partial charge in [0.2, 0.25) is 0 Å². The van der Waals surface area contributed by atoms with Crippen molar-refractivity contribution < 1.29 is 0 Å². The van der Waals surface area contributed by atoms with Gasteiger partial charge in [0.05, 0.1) is 16.4 Å². The van der Waals surface area contributed by atoms with E-state index >= 15 is 0 Å². The predicted octanol–water partition coefficient (Wildman–Crippen LogP) is 3.99. The summed E-state index contributed by atoms with van der Waals surface area (Å²) in [6.45, 7) is 1.90. The van der Waals surface area contributed by atoms with Crippen LogP contribution in [-0.4, -0.2) is 9.78 Å². The monoisotopic (exact) mass is 453 g/mol. The fourth-order valence-electron chi connectivity index (χ4n) is 2.02. The standard InChI is InChI=1S/C13H14BrClIN3/c1-7-13(15)12(19(2)18-7)6-11(17)9-5-8(16)3-4-10(9)14/h3-5,11H,6,17H2,1-2H3.